The summed E-state index contributed by atoms with van der Waals surface area (Å²) in [5.74, 6) is 1.41. The fraction of sp³-hybridized carbons (Fsp3) is 0.294. The maximum atomic E-state index is 6.29. The van der Waals surface area contributed by atoms with Gasteiger partial charge in [-0.15, -0.1) is 0 Å². The van der Waals surface area contributed by atoms with E-state index in [-0.39, 0.29) is 6.04 Å². The molecule has 0 fully saturated rings. The first kappa shape index (κ1) is 13.6. The highest BCUT2D eigenvalue weighted by atomic mass is 16.5. The molecule has 0 heterocycles. The first-order chi connectivity index (χ1) is 9.16. The van der Waals surface area contributed by atoms with Crippen LogP contribution in [0.25, 0.3) is 0 Å². The molecular weight excluding hydrogens is 234 g/mol. The summed E-state index contributed by atoms with van der Waals surface area (Å²) in [6.45, 7) is 5.00. The van der Waals surface area contributed by atoms with Crippen molar-refractivity contribution in [3.63, 3.8) is 0 Å². The second kappa shape index (κ2) is 6.39. The van der Waals surface area contributed by atoms with Crippen molar-refractivity contribution < 1.29 is 4.74 Å². The first-order valence-electron chi connectivity index (χ1n) is 6.70. The van der Waals surface area contributed by atoms with Crippen LogP contribution in [0.5, 0.6) is 5.75 Å². The van der Waals surface area contributed by atoms with Crippen molar-refractivity contribution in [2.24, 2.45) is 11.7 Å². The van der Waals surface area contributed by atoms with E-state index in [9.17, 15) is 0 Å². The van der Waals surface area contributed by atoms with Crippen molar-refractivity contribution in [2.75, 3.05) is 6.61 Å². The maximum absolute atomic E-state index is 6.29. The van der Waals surface area contributed by atoms with Crippen molar-refractivity contribution in [2.45, 2.75) is 19.9 Å². The molecule has 0 aliphatic heterocycles. The van der Waals surface area contributed by atoms with Gasteiger partial charge in [-0.2, -0.15) is 0 Å². The zero-order valence-electron chi connectivity index (χ0n) is 11.5. The summed E-state index contributed by atoms with van der Waals surface area (Å²) in [7, 11) is 0. The molecular formula is C17H21NO. The Balaban J connectivity index is 2.14. The van der Waals surface area contributed by atoms with E-state index >= 15 is 0 Å². The molecule has 2 rings (SSSR count). The van der Waals surface area contributed by atoms with Crippen LogP contribution in [-0.4, -0.2) is 6.61 Å². The summed E-state index contributed by atoms with van der Waals surface area (Å²) >= 11 is 0. The smallest absolute Gasteiger partial charge is 0.119 e. The second-order valence-corrected chi connectivity index (χ2v) is 5.17. The Labute approximate surface area is 115 Å². The predicted octanol–water partition coefficient (Wildman–Crippen LogP) is 3.77. The molecule has 0 aliphatic carbocycles. The lowest BCUT2D eigenvalue weighted by atomic mass is 9.99. The van der Waals surface area contributed by atoms with Gasteiger partial charge in [0.2, 0.25) is 0 Å². The Morgan fingerprint density at radius 2 is 1.63 bits per heavy atom. The average Bonchev–Trinajstić information content (AvgIpc) is 2.45. The van der Waals surface area contributed by atoms with E-state index in [1.807, 2.05) is 54.6 Å². The van der Waals surface area contributed by atoms with E-state index < -0.39 is 0 Å². The van der Waals surface area contributed by atoms with Gasteiger partial charge in [-0.05, 0) is 29.2 Å². The molecule has 2 nitrogen and oxygen atoms in total. The minimum Gasteiger partial charge on any atom is -0.493 e. The summed E-state index contributed by atoms with van der Waals surface area (Å²) in [5, 5.41) is 0. The van der Waals surface area contributed by atoms with Crippen LogP contribution < -0.4 is 10.5 Å². The van der Waals surface area contributed by atoms with Gasteiger partial charge in [0.25, 0.3) is 0 Å². The lowest BCUT2D eigenvalue weighted by Crippen LogP contribution is -2.12. The molecule has 100 valence electrons. The standard InChI is InChI=1S/C17H21NO/c1-13(2)12-19-16-10-6-9-15(11-16)17(18)14-7-4-3-5-8-14/h3-11,13,17H,12,18H2,1-2H3. The van der Waals surface area contributed by atoms with E-state index in [0.717, 1.165) is 23.5 Å². The van der Waals surface area contributed by atoms with E-state index in [1.54, 1.807) is 0 Å². The molecule has 0 saturated carbocycles. The Morgan fingerprint density at radius 1 is 0.947 bits per heavy atom. The molecule has 2 N–H and O–H groups in total. The molecule has 0 radical (unpaired) electrons. The van der Waals surface area contributed by atoms with Crippen LogP contribution >= 0.6 is 0 Å². The third kappa shape index (κ3) is 3.83. The minimum absolute atomic E-state index is 0.108. The summed E-state index contributed by atoms with van der Waals surface area (Å²) in [5.41, 5.74) is 8.48. The van der Waals surface area contributed by atoms with Gasteiger partial charge in [0, 0.05) is 0 Å². The fourth-order valence-electron chi connectivity index (χ4n) is 1.91. The van der Waals surface area contributed by atoms with Crippen LogP contribution in [0, 0.1) is 5.92 Å². The van der Waals surface area contributed by atoms with Crippen molar-refractivity contribution in [3.05, 3.63) is 65.7 Å². The number of rotatable bonds is 5. The molecule has 1 unspecified atom stereocenters. The maximum Gasteiger partial charge on any atom is 0.119 e. The Bertz CT molecular complexity index is 508. The SMILES string of the molecule is CC(C)COc1cccc(C(N)c2ccccc2)c1. The molecule has 0 aromatic heterocycles. The number of hydrogen-bond acceptors (Lipinski definition) is 2. The second-order valence-electron chi connectivity index (χ2n) is 5.17. The molecule has 2 heteroatoms. The molecule has 0 bridgehead atoms. The predicted molar refractivity (Wildman–Crippen MR) is 79.2 cm³/mol. The Hall–Kier alpha value is -1.80. The zero-order chi connectivity index (χ0) is 13.7. The third-order valence-corrected chi connectivity index (χ3v) is 2.96. The Kier molecular flexibility index (Phi) is 4.58. The van der Waals surface area contributed by atoms with Crippen molar-refractivity contribution in [1.82, 2.24) is 0 Å². The average molecular weight is 255 g/mol. The van der Waals surface area contributed by atoms with E-state index in [1.165, 1.54) is 0 Å². The van der Waals surface area contributed by atoms with Gasteiger partial charge in [0.15, 0.2) is 0 Å². The highest BCUT2D eigenvalue weighted by Gasteiger charge is 2.09. The molecule has 19 heavy (non-hydrogen) atoms. The van der Waals surface area contributed by atoms with Crippen LogP contribution in [0.3, 0.4) is 0 Å². The van der Waals surface area contributed by atoms with E-state index in [4.69, 9.17) is 10.5 Å². The summed E-state index contributed by atoms with van der Waals surface area (Å²) < 4.78 is 5.74. The van der Waals surface area contributed by atoms with Crippen LogP contribution in [-0.2, 0) is 0 Å². The first-order valence-corrected chi connectivity index (χ1v) is 6.70. The van der Waals surface area contributed by atoms with Crippen LogP contribution in [0.4, 0.5) is 0 Å². The number of hydrogen-bond donors (Lipinski definition) is 1. The van der Waals surface area contributed by atoms with Gasteiger partial charge in [0.05, 0.1) is 12.6 Å². The van der Waals surface area contributed by atoms with Crippen molar-refractivity contribution in [3.8, 4) is 5.75 Å². The molecule has 1 atom stereocenters. The number of ether oxygens (including phenoxy) is 1. The van der Waals surface area contributed by atoms with Gasteiger partial charge in [-0.25, -0.2) is 0 Å². The van der Waals surface area contributed by atoms with Gasteiger partial charge < -0.3 is 10.5 Å². The molecule has 0 spiro atoms. The van der Waals surface area contributed by atoms with Gasteiger partial charge in [-0.1, -0.05) is 56.3 Å². The minimum atomic E-state index is -0.108. The normalized spacial score (nSPS) is 12.4. The van der Waals surface area contributed by atoms with Crippen molar-refractivity contribution in [1.29, 1.82) is 0 Å². The van der Waals surface area contributed by atoms with E-state index in [0.29, 0.717) is 5.92 Å². The quantitative estimate of drug-likeness (QED) is 0.882. The fourth-order valence-corrected chi connectivity index (χ4v) is 1.91. The van der Waals surface area contributed by atoms with Crippen LogP contribution in [0.15, 0.2) is 54.6 Å². The molecule has 0 amide bonds. The van der Waals surface area contributed by atoms with Crippen LogP contribution in [0.2, 0.25) is 0 Å². The molecule has 0 aliphatic rings. The molecule has 2 aromatic rings. The lowest BCUT2D eigenvalue weighted by Gasteiger charge is -2.15. The summed E-state index contributed by atoms with van der Waals surface area (Å²) in [4.78, 5) is 0. The van der Waals surface area contributed by atoms with Crippen molar-refractivity contribution >= 4 is 0 Å². The molecule has 2 aromatic carbocycles. The van der Waals surface area contributed by atoms with Crippen LogP contribution in [0.1, 0.15) is 31.0 Å². The zero-order valence-corrected chi connectivity index (χ0v) is 11.5. The van der Waals surface area contributed by atoms with Gasteiger partial charge in [0.1, 0.15) is 5.75 Å². The largest absolute Gasteiger partial charge is 0.493 e. The summed E-state index contributed by atoms with van der Waals surface area (Å²) in [6.07, 6.45) is 0. The topological polar surface area (TPSA) is 35.2 Å². The Morgan fingerprint density at radius 3 is 2.32 bits per heavy atom. The van der Waals surface area contributed by atoms with Gasteiger partial charge >= 0.3 is 0 Å². The van der Waals surface area contributed by atoms with E-state index in [2.05, 4.69) is 13.8 Å². The highest BCUT2D eigenvalue weighted by molar-refractivity contribution is 5.36. The number of benzene rings is 2. The summed E-state index contributed by atoms with van der Waals surface area (Å²) in [6, 6.07) is 18.0. The number of nitrogens with two attached hydrogens (primary N) is 1. The lowest BCUT2D eigenvalue weighted by molar-refractivity contribution is 0.271. The van der Waals surface area contributed by atoms with Gasteiger partial charge in [-0.3, -0.25) is 0 Å². The monoisotopic (exact) mass is 255 g/mol. The third-order valence-electron chi connectivity index (χ3n) is 2.96. The highest BCUT2D eigenvalue weighted by Crippen LogP contribution is 2.23. The molecule has 0 saturated heterocycles.